The maximum absolute atomic E-state index is 15.0. The summed E-state index contributed by atoms with van der Waals surface area (Å²) in [4.78, 5) is 11.4. The van der Waals surface area contributed by atoms with Crippen molar-refractivity contribution in [2.24, 2.45) is 5.41 Å². The van der Waals surface area contributed by atoms with Crippen molar-refractivity contribution in [3.8, 4) is 22.6 Å². The lowest BCUT2D eigenvalue weighted by Gasteiger charge is -2.30. The van der Waals surface area contributed by atoms with E-state index in [1.807, 2.05) is 36.4 Å². The number of hydrogen-bond acceptors (Lipinski definition) is 3. The summed E-state index contributed by atoms with van der Waals surface area (Å²) in [5.74, 6) is 0.595. The van der Waals surface area contributed by atoms with Crippen molar-refractivity contribution in [1.29, 1.82) is 0 Å². The van der Waals surface area contributed by atoms with Crippen LogP contribution in [0.1, 0.15) is 87.8 Å². The highest BCUT2D eigenvalue weighted by Gasteiger charge is 2.37. The molecule has 0 aromatic heterocycles. The van der Waals surface area contributed by atoms with Crippen LogP contribution in [-0.2, 0) is 11.4 Å². The van der Waals surface area contributed by atoms with Gasteiger partial charge in [0.05, 0.1) is 13.5 Å². The van der Waals surface area contributed by atoms with Crippen molar-refractivity contribution in [3.05, 3.63) is 83.2 Å². The van der Waals surface area contributed by atoms with Crippen LogP contribution in [0.15, 0.2) is 60.7 Å². The lowest BCUT2D eigenvalue weighted by molar-refractivity contribution is -0.137. The van der Waals surface area contributed by atoms with E-state index in [2.05, 4.69) is 26.8 Å². The Morgan fingerprint density at radius 3 is 2.58 bits per heavy atom. The number of hydrogen-bond donors (Lipinski definition) is 1. The van der Waals surface area contributed by atoms with Gasteiger partial charge in [-0.1, -0.05) is 63.9 Å². The molecule has 3 aromatic rings. The fourth-order valence-electron chi connectivity index (χ4n) is 5.95. The van der Waals surface area contributed by atoms with Crippen molar-refractivity contribution in [2.75, 3.05) is 7.11 Å². The number of benzene rings is 3. The number of methoxy groups -OCH3 is 1. The maximum atomic E-state index is 15.0. The molecule has 1 fully saturated rings. The molecule has 4 nitrogen and oxygen atoms in total. The second kappa shape index (κ2) is 12.0. The first kappa shape index (κ1) is 27.7. The molecule has 1 aliphatic rings. The van der Waals surface area contributed by atoms with Crippen LogP contribution in [0, 0.1) is 11.2 Å². The van der Waals surface area contributed by atoms with Crippen LogP contribution in [0.3, 0.4) is 0 Å². The van der Waals surface area contributed by atoms with E-state index in [9.17, 15) is 9.90 Å². The topological polar surface area (TPSA) is 55.8 Å². The molecule has 0 amide bonds. The van der Waals surface area contributed by atoms with Crippen LogP contribution < -0.4 is 9.47 Å². The van der Waals surface area contributed by atoms with Crippen molar-refractivity contribution >= 4 is 5.97 Å². The largest absolute Gasteiger partial charge is 0.497 e. The van der Waals surface area contributed by atoms with Crippen molar-refractivity contribution in [2.45, 2.75) is 77.7 Å². The summed E-state index contributed by atoms with van der Waals surface area (Å²) in [6, 6.07) is 18.9. The highest BCUT2D eigenvalue weighted by Crippen LogP contribution is 2.51. The molecule has 38 heavy (non-hydrogen) atoms. The lowest BCUT2D eigenvalue weighted by atomic mass is 9.75. The molecule has 1 N–H and O–H groups in total. The van der Waals surface area contributed by atoms with Crippen LogP contribution in [0.4, 0.5) is 4.39 Å². The average molecular weight is 519 g/mol. The normalized spacial score (nSPS) is 17.2. The minimum atomic E-state index is -0.787. The predicted octanol–water partition coefficient (Wildman–Crippen LogP) is 8.73. The van der Waals surface area contributed by atoms with Crippen LogP contribution in [-0.4, -0.2) is 18.2 Å². The van der Waals surface area contributed by atoms with Crippen LogP contribution in [0.25, 0.3) is 11.1 Å². The zero-order valence-electron chi connectivity index (χ0n) is 22.9. The van der Waals surface area contributed by atoms with Gasteiger partial charge in [-0.15, -0.1) is 0 Å². The first-order chi connectivity index (χ1) is 18.2. The number of rotatable bonds is 11. The van der Waals surface area contributed by atoms with Gasteiger partial charge in [0.15, 0.2) is 0 Å². The molecule has 0 saturated heterocycles. The minimum absolute atomic E-state index is 0.0331. The minimum Gasteiger partial charge on any atom is -0.497 e. The molecular formula is C33H39FO4. The molecule has 3 aromatic carbocycles. The summed E-state index contributed by atoms with van der Waals surface area (Å²) in [7, 11) is 1.60. The monoisotopic (exact) mass is 518 g/mol. The smallest absolute Gasteiger partial charge is 0.303 e. The van der Waals surface area contributed by atoms with Gasteiger partial charge in [0, 0.05) is 5.56 Å². The average Bonchev–Trinajstić information content (AvgIpc) is 3.26. The van der Waals surface area contributed by atoms with Gasteiger partial charge in [-0.25, -0.2) is 4.39 Å². The summed E-state index contributed by atoms with van der Waals surface area (Å²) < 4.78 is 26.6. The molecule has 1 aliphatic carbocycles. The van der Waals surface area contributed by atoms with Gasteiger partial charge in [-0.2, -0.15) is 0 Å². The molecule has 1 saturated carbocycles. The molecule has 0 aliphatic heterocycles. The number of ether oxygens (including phenoxy) is 2. The van der Waals surface area contributed by atoms with Gasteiger partial charge in [0.1, 0.15) is 23.9 Å². The first-order valence-corrected chi connectivity index (χ1v) is 13.6. The Labute approximate surface area is 225 Å². The third kappa shape index (κ3) is 6.38. The summed E-state index contributed by atoms with van der Waals surface area (Å²) in [6.07, 6.45) is 5.21. The van der Waals surface area contributed by atoms with Crippen molar-refractivity contribution in [1.82, 2.24) is 0 Å². The molecular weight excluding hydrogens is 479 g/mol. The number of carbonyl (C=O) groups is 1. The van der Waals surface area contributed by atoms with E-state index >= 15 is 4.39 Å². The molecule has 0 spiro atoms. The Kier molecular flexibility index (Phi) is 8.76. The van der Waals surface area contributed by atoms with E-state index in [0.717, 1.165) is 60.1 Å². The molecule has 0 heterocycles. The number of carboxylic acid groups (broad SMARTS) is 1. The fraction of sp³-hybridized carbons (Fsp3) is 0.424. The van der Waals surface area contributed by atoms with E-state index in [0.29, 0.717) is 23.8 Å². The van der Waals surface area contributed by atoms with Gasteiger partial charge in [0.25, 0.3) is 0 Å². The number of aliphatic carboxylic acids is 1. The highest BCUT2D eigenvalue weighted by molar-refractivity contribution is 5.71. The van der Waals surface area contributed by atoms with Gasteiger partial charge < -0.3 is 14.6 Å². The molecule has 0 radical (unpaired) electrons. The standard InChI is InChI=1S/C33H39FO4/c1-5-8-23(19-32(35)36)24-9-6-10-26(18-24)38-21-22-12-14-27(29-20-25(37-4)13-15-31(29)34)28(17-22)30-11-7-16-33(30,2)3/h6,9-10,12-15,17-18,20,23,30H,5,7-8,11,16,19,21H2,1-4H3,(H,35,36)/t23-,30+/m0/s1. The van der Waals surface area contributed by atoms with Gasteiger partial charge in [-0.05, 0) is 89.1 Å². The van der Waals surface area contributed by atoms with Crippen LogP contribution in [0.5, 0.6) is 11.5 Å². The van der Waals surface area contributed by atoms with E-state index in [-0.39, 0.29) is 23.6 Å². The number of carboxylic acids is 1. The Bertz CT molecular complexity index is 1270. The zero-order valence-corrected chi connectivity index (χ0v) is 22.9. The molecule has 0 unspecified atom stereocenters. The van der Waals surface area contributed by atoms with Crippen LogP contribution in [0.2, 0.25) is 0 Å². The molecule has 0 bridgehead atoms. The van der Waals surface area contributed by atoms with Gasteiger partial charge in [0.2, 0.25) is 0 Å². The summed E-state index contributed by atoms with van der Waals surface area (Å²) in [5.41, 5.74) is 4.75. The van der Waals surface area contributed by atoms with Crippen molar-refractivity contribution in [3.63, 3.8) is 0 Å². The van der Waals surface area contributed by atoms with E-state index in [1.165, 1.54) is 6.07 Å². The van der Waals surface area contributed by atoms with Crippen molar-refractivity contribution < 1.29 is 23.8 Å². The quantitative estimate of drug-likeness (QED) is 0.276. The third-order valence-corrected chi connectivity index (χ3v) is 8.01. The molecule has 5 heteroatoms. The zero-order chi connectivity index (χ0) is 27.3. The van der Waals surface area contributed by atoms with E-state index in [1.54, 1.807) is 19.2 Å². The second-order valence-corrected chi connectivity index (χ2v) is 11.1. The number of halogens is 1. The Hall–Kier alpha value is -3.34. The Morgan fingerprint density at radius 1 is 1.08 bits per heavy atom. The summed E-state index contributed by atoms with van der Waals surface area (Å²) in [6.45, 7) is 7.05. The molecule has 202 valence electrons. The summed E-state index contributed by atoms with van der Waals surface area (Å²) in [5, 5.41) is 9.34. The lowest BCUT2D eigenvalue weighted by Crippen LogP contribution is -2.17. The second-order valence-electron chi connectivity index (χ2n) is 11.1. The van der Waals surface area contributed by atoms with Gasteiger partial charge >= 0.3 is 5.97 Å². The molecule has 2 atom stereocenters. The third-order valence-electron chi connectivity index (χ3n) is 8.01. The maximum Gasteiger partial charge on any atom is 0.303 e. The SMILES string of the molecule is CCC[C@@H](CC(=O)O)c1cccc(OCc2ccc(-c3cc(OC)ccc3F)c([C@H]3CCCC3(C)C)c2)c1. The van der Waals surface area contributed by atoms with E-state index < -0.39 is 5.97 Å². The van der Waals surface area contributed by atoms with E-state index in [4.69, 9.17) is 9.47 Å². The fourth-order valence-corrected chi connectivity index (χ4v) is 5.95. The Balaban J connectivity index is 1.63. The molecule has 4 rings (SSSR count). The first-order valence-electron chi connectivity index (χ1n) is 13.6. The van der Waals surface area contributed by atoms with Gasteiger partial charge in [-0.3, -0.25) is 4.79 Å². The predicted molar refractivity (Wildman–Crippen MR) is 149 cm³/mol. The summed E-state index contributed by atoms with van der Waals surface area (Å²) >= 11 is 0. The Morgan fingerprint density at radius 2 is 1.89 bits per heavy atom. The highest BCUT2D eigenvalue weighted by atomic mass is 19.1. The van der Waals surface area contributed by atoms with Crippen LogP contribution >= 0.6 is 0 Å².